The summed E-state index contributed by atoms with van der Waals surface area (Å²) in [6.07, 6.45) is 0. The van der Waals surface area contributed by atoms with E-state index in [1.165, 1.54) is 0 Å². The number of amides is 1. The van der Waals surface area contributed by atoms with E-state index in [1.807, 2.05) is 61.5 Å². The summed E-state index contributed by atoms with van der Waals surface area (Å²) in [6, 6.07) is 21.6. The summed E-state index contributed by atoms with van der Waals surface area (Å²) in [5, 5.41) is 3.49. The maximum atomic E-state index is 13.1. The number of ether oxygens (including phenoxy) is 4. The normalized spacial score (nSPS) is 12.7. The molecule has 0 radical (unpaired) electrons. The molecule has 1 unspecified atom stereocenters. The van der Waals surface area contributed by atoms with Gasteiger partial charge in [0.05, 0.1) is 29.9 Å². The third kappa shape index (κ3) is 4.79. The van der Waals surface area contributed by atoms with E-state index in [1.54, 1.807) is 25.3 Å². The minimum Gasteiger partial charge on any atom is -0.497 e. The van der Waals surface area contributed by atoms with Gasteiger partial charge in [0.2, 0.25) is 6.79 Å². The summed E-state index contributed by atoms with van der Waals surface area (Å²) >= 11 is 0. The first kappa shape index (κ1) is 23.2. The van der Waals surface area contributed by atoms with Crippen LogP contribution in [0.1, 0.15) is 28.9 Å². The van der Waals surface area contributed by atoms with Gasteiger partial charge in [-0.2, -0.15) is 0 Å². The van der Waals surface area contributed by atoms with Gasteiger partial charge in [-0.25, -0.2) is 9.78 Å². The molecule has 0 bridgehead atoms. The Morgan fingerprint density at radius 1 is 1.00 bits per heavy atom. The molecule has 1 N–H and O–H groups in total. The largest absolute Gasteiger partial charge is 0.497 e. The Morgan fingerprint density at radius 2 is 1.78 bits per heavy atom. The molecule has 5 rings (SSSR count). The molecule has 1 aromatic heterocycles. The molecule has 182 valence electrons. The van der Waals surface area contributed by atoms with Crippen molar-refractivity contribution in [2.45, 2.75) is 13.0 Å². The third-order valence-corrected chi connectivity index (χ3v) is 5.93. The minimum absolute atomic E-state index is 0.180. The van der Waals surface area contributed by atoms with E-state index in [-0.39, 0.29) is 12.8 Å². The van der Waals surface area contributed by atoms with Crippen LogP contribution in [0.15, 0.2) is 72.8 Å². The number of rotatable bonds is 7. The number of nitrogens with zero attached hydrogens (tertiary/aromatic N) is 1. The van der Waals surface area contributed by atoms with Crippen LogP contribution in [0.3, 0.4) is 0 Å². The van der Waals surface area contributed by atoms with Crippen LogP contribution in [-0.2, 0) is 9.53 Å². The minimum atomic E-state index is -0.603. The molecule has 8 heteroatoms. The lowest BCUT2D eigenvalue weighted by Crippen LogP contribution is -2.31. The lowest BCUT2D eigenvalue weighted by molar-refractivity contribution is -0.124. The molecule has 1 amide bonds. The number of pyridine rings is 1. The van der Waals surface area contributed by atoms with Gasteiger partial charge >= 0.3 is 5.97 Å². The van der Waals surface area contributed by atoms with E-state index in [9.17, 15) is 9.59 Å². The van der Waals surface area contributed by atoms with Crippen molar-refractivity contribution in [3.8, 4) is 28.5 Å². The summed E-state index contributed by atoms with van der Waals surface area (Å²) < 4.78 is 21.3. The number of nitrogens with one attached hydrogen (secondary N) is 1. The molecule has 1 atom stereocenters. The summed E-state index contributed by atoms with van der Waals surface area (Å²) in [7, 11) is 1.60. The van der Waals surface area contributed by atoms with Crippen LogP contribution in [-0.4, -0.2) is 37.4 Å². The van der Waals surface area contributed by atoms with Crippen LogP contribution in [0.4, 0.5) is 0 Å². The molecule has 0 fully saturated rings. The second kappa shape index (κ2) is 9.95. The van der Waals surface area contributed by atoms with Crippen molar-refractivity contribution < 1.29 is 28.5 Å². The van der Waals surface area contributed by atoms with Gasteiger partial charge in [-0.3, -0.25) is 4.79 Å². The monoisotopic (exact) mass is 484 g/mol. The van der Waals surface area contributed by atoms with Gasteiger partial charge < -0.3 is 24.3 Å². The second-order valence-electron chi connectivity index (χ2n) is 8.28. The van der Waals surface area contributed by atoms with Crippen molar-refractivity contribution in [1.82, 2.24) is 10.3 Å². The highest BCUT2D eigenvalue weighted by Crippen LogP contribution is 2.34. The maximum Gasteiger partial charge on any atom is 0.339 e. The highest BCUT2D eigenvalue weighted by molar-refractivity contribution is 6.05. The van der Waals surface area contributed by atoms with Crippen LogP contribution >= 0.6 is 0 Å². The number of methoxy groups -OCH3 is 1. The Morgan fingerprint density at radius 3 is 2.58 bits per heavy atom. The van der Waals surface area contributed by atoms with Crippen molar-refractivity contribution in [3.05, 3.63) is 83.9 Å². The van der Waals surface area contributed by atoms with E-state index in [0.29, 0.717) is 33.7 Å². The van der Waals surface area contributed by atoms with E-state index in [4.69, 9.17) is 18.9 Å². The first-order valence-electron chi connectivity index (χ1n) is 11.4. The molecule has 0 saturated carbocycles. The Bertz CT molecular complexity index is 1430. The predicted octanol–water partition coefficient (Wildman–Crippen LogP) is 4.67. The average molecular weight is 485 g/mol. The van der Waals surface area contributed by atoms with Gasteiger partial charge in [-0.1, -0.05) is 24.3 Å². The number of para-hydroxylation sites is 1. The topological polar surface area (TPSA) is 96.0 Å². The molecular weight excluding hydrogens is 460 g/mol. The Hall–Kier alpha value is -4.59. The van der Waals surface area contributed by atoms with Crippen LogP contribution in [0.25, 0.3) is 22.2 Å². The summed E-state index contributed by atoms with van der Waals surface area (Å²) in [5.41, 5.74) is 3.28. The first-order valence-corrected chi connectivity index (χ1v) is 11.4. The molecule has 0 aliphatic carbocycles. The fraction of sp³-hybridized carbons (Fsp3) is 0.179. The van der Waals surface area contributed by atoms with Crippen molar-refractivity contribution >= 4 is 22.8 Å². The van der Waals surface area contributed by atoms with Crippen molar-refractivity contribution in [1.29, 1.82) is 0 Å². The summed E-state index contributed by atoms with van der Waals surface area (Å²) in [4.78, 5) is 30.3. The lowest BCUT2D eigenvalue weighted by Gasteiger charge is -2.15. The Kier molecular flexibility index (Phi) is 6.40. The number of carbonyl (C=O) groups excluding carboxylic acids is 2. The van der Waals surface area contributed by atoms with E-state index in [0.717, 1.165) is 16.9 Å². The molecule has 3 aromatic carbocycles. The van der Waals surface area contributed by atoms with Gasteiger partial charge in [0.25, 0.3) is 5.91 Å². The first-order chi connectivity index (χ1) is 17.5. The number of aromatic nitrogens is 1. The van der Waals surface area contributed by atoms with Crippen LogP contribution in [0, 0.1) is 0 Å². The SMILES string of the molecule is COc1ccc(-c2cc(C(=O)OCC(=O)NC(C)c3ccc4c(c3)OCO4)c3ccccc3n2)cc1. The van der Waals surface area contributed by atoms with Crippen LogP contribution in [0.2, 0.25) is 0 Å². The van der Waals surface area contributed by atoms with E-state index in [2.05, 4.69) is 10.3 Å². The van der Waals surface area contributed by atoms with Gasteiger partial charge in [0, 0.05) is 10.9 Å². The molecule has 36 heavy (non-hydrogen) atoms. The highest BCUT2D eigenvalue weighted by Gasteiger charge is 2.19. The zero-order chi connectivity index (χ0) is 25.1. The van der Waals surface area contributed by atoms with Crippen molar-refractivity contribution in [2.24, 2.45) is 0 Å². The fourth-order valence-corrected chi connectivity index (χ4v) is 4.01. The standard InChI is InChI=1S/C28H24N2O6/c1-17(19-9-12-25-26(13-19)36-16-35-25)29-27(31)15-34-28(32)22-14-24(18-7-10-20(33-2)11-8-18)30-23-6-4-3-5-21(22)23/h3-14,17H,15-16H2,1-2H3,(H,29,31). The highest BCUT2D eigenvalue weighted by atomic mass is 16.7. The fourth-order valence-electron chi connectivity index (χ4n) is 4.01. The number of carbonyl (C=O) groups is 2. The zero-order valence-electron chi connectivity index (χ0n) is 19.8. The molecule has 4 aromatic rings. The van der Waals surface area contributed by atoms with Crippen LogP contribution in [0.5, 0.6) is 17.2 Å². The van der Waals surface area contributed by atoms with Crippen molar-refractivity contribution in [3.63, 3.8) is 0 Å². The quantitative estimate of drug-likeness (QED) is 0.381. The van der Waals surface area contributed by atoms with Crippen LogP contribution < -0.4 is 19.5 Å². The molecule has 0 spiro atoms. The number of hydrogen-bond acceptors (Lipinski definition) is 7. The van der Waals surface area contributed by atoms with Gasteiger partial charge in [0.1, 0.15) is 5.75 Å². The Balaban J connectivity index is 1.30. The molecule has 1 aliphatic rings. The van der Waals surface area contributed by atoms with Gasteiger partial charge in [-0.05, 0) is 61.0 Å². The van der Waals surface area contributed by atoms with Gasteiger partial charge in [0.15, 0.2) is 18.1 Å². The number of benzene rings is 3. The van der Waals surface area contributed by atoms with E-state index >= 15 is 0 Å². The molecule has 8 nitrogen and oxygen atoms in total. The predicted molar refractivity (Wildman–Crippen MR) is 133 cm³/mol. The third-order valence-electron chi connectivity index (χ3n) is 5.93. The average Bonchev–Trinajstić information content (AvgIpc) is 3.39. The molecule has 2 heterocycles. The smallest absolute Gasteiger partial charge is 0.339 e. The Labute approximate surface area is 207 Å². The zero-order valence-corrected chi connectivity index (χ0v) is 19.8. The number of hydrogen-bond donors (Lipinski definition) is 1. The molecule has 0 saturated heterocycles. The van der Waals surface area contributed by atoms with Gasteiger partial charge in [-0.15, -0.1) is 0 Å². The molecule has 1 aliphatic heterocycles. The molecular formula is C28H24N2O6. The maximum absolute atomic E-state index is 13.1. The summed E-state index contributed by atoms with van der Waals surface area (Å²) in [6.45, 7) is 1.61. The lowest BCUT2D eigenvalue weighted by atomic mass is 10.0. The van der Waals surface area contributed by atoms with E-state index < -0.39 is 18.5 Å². The summed E-state index contributed by atoms with van der Waals surface area (Å²) in [5.74, 6) is 1.01. The van der Waals surface area contributed by atoms with Crippen molar-refractivity contribution in [2.75, 3.05) is 20.5 Å². The number of esters is 1. The second-order valence-corrected chi connectivity index (χ2v) is 8.28. The number of fused-ring (bicyclic) bond motifs is 2.